The van der Waals surface area contributed by atoms with Gasteiger partial charge in [-0.25, -0.2) is 0 Å². The number of hydrogen-bond donors (Lipinski definition) is 1. The molecule has 0 saturated carbocycles. The molecule has 124 valence electrons. The summed E-state index contributed by atoms with van der Waals surface area (Å²) in [7, 11) is 4.15. The third-order valence-electron chi connectivity index (χ3n) is 3.42. The van der Waals surface area contributed by atoms with E-state index >= 15 is 0 Å². The van der Waals surface area contributed by atoms with E-state index in [1.165, 1.54) is 20.6 Å². The molecule has 0 aliphatic heterocycles. The third kappa shape index (κ3) is 4.87. The fourth-order valence-corrected chi connectivity index (χ4v) is 2.83. The first-order chi connectivity index (χ1) is 11.0. The third-order valence-corrected chi connectivity index (χ3v) is 5.51. The molecule has 2 N–H and O–H groups in total. The first-order valence-electron chi connectivity index (χ1n) is 7.20. The Morgan fingerprint density at radius 1 is 1.00 bits per heavy atom. The minimum atomic E-state index is 0.618. The normalized spacial score (nSPS) is 10.2. The van der Waals surface area contributed by atoms with Gasteiger partial charge in [-0.05, 0) is 17.7 Å². The Morgan fingerprint density at radius 3 is 2.09 bits per heavy atom. The summed E-state index contributed by atoms with van der Waals surface area (Å²) in [5.74, 6) is 0. The Balaban J connectivity index is 0.000000185. The SMILES string of the molecule is Cn1cc(-c2ccccc2)n(C)[c]1=[Pt].NCc1ccc(Br)cc1. The number of aromatic nitrogens is 2. The molecule has 2 aromatic carbocycles. The molecule has 1 aromatic heterocycles. The van der Waals surface area contributed by atoms with E-state index in [1.54, 1.807) is 0 Å². The van der Waals surface area contributed by atoms with Crippen molar-refractivity contribution in [2.45, 2.75) is 6.54 Å². The van der Waals surface area contributed by atoms with E-state index in [2.05, 4.69) is 89.0 Å². The van der Waals surface area contributed by atoms with Crippen molar-refractivity contribution in [2.24, 2.45) is 19.8 Å². The Labute approximate surface area is 156 Å². The average Bonchev–Trinajstić information content (AvgIpc) is 2.84. The maximum atomic E-state index is 5.38. The summed E-state index contributed by atoms with van der Waals surface area (Å²) in [6, 6.07) is 18.4. The molecule has 3 aromatic rings. The smallest absolute Gasteiger partial charge is 0.0178 e. The molecule has 0 aliphatic rings. The van der Waals surface area contributed by atoms with Gasteiger partial charge in [-0.15, -0.1) is 0 Å². The summed E-state index contributed by atoms with van der Waals surface area (Å²) < 4.78 is 6.64. The van der Waals surface area contributed by atoms with Crippen LogP contribution >= 0.6 is 15.9 Å². The first kappa shape index (κ1) is 18.1. The molecule has 0 radical (unpaired) electrons. The molecule has 0 fully saturated rings. The minimum absolute atomic E-state index is 0.618. The maximum absolute atomic E-state index is 5.38. The summed E-state index contributed by atoms with van der Waals surface area (Å²) in [5, 5.41) is 0. The van der Waals surface area contributed by atoms with Crippen molar-refractivity contribution in [3.05, 3.63) is 74.6 Å². The van der Waals surface area contributed by atoms with E-state index in [0.717, 1.165) is 4.47 Å². The van der Waals surface area contributed by atoms with Gasteiger partial charge in [0.05, 0.1) is 0 Å². The Bertz CT molecular complexity index is 805. The maximum Gasteiger partial charge on any atom is 0.0178 e. The predicted molar refractivity (Wildman–Crippen MR) is 95.1 cm³/mol. The average molecular weight is 553 g/mol. The summed E-state index contributed by atoms with van der Waals surface area (Å²) in [4.78, 5) is 0. The monoisotopic (exact) mass is 552 g/mol. The second-order valence-electron chi connectivity index (χ2n) is 5.12. The van der Waals surface area contributed by atoms with Crippen LogP contribution in [0.2, 0.25) is 0 Å². The van der Waals surface area contributed by atoms with Crippen molar-refractivity contribution in [1.29, 1.82) is 0 Å². The fraction of sp³-hybridized carbons (Fsp3) is 0.167. The van der Waals surface area contributed by atoms with E-state index in [1.807, 2.05) is 30.3 Å². The Morgan fingerprint density at radius 2 is 1.61 bits per heavy atom. The fourth-order valence-electron chi connectivity index (χ4n) is 2.15. The molecule has 23 heavy (non-hydrogen) atoms. The van der Waals surface area contributed by atoms with Crippen molar-refractivity contribution in [1.82, 2.24) is 9.13 Å². The van der Waals surface area contributed by atoms with Crippen LogP contribution in [0.3, 0.4) is 0 Å². The second kappa shape index (κ2) is 8.58. The molecule has 3 rings (SSSR count). The van der Waals surface area contributed by atoms with Crippen LogP contribution < -0.4 is 5.73 Å². The molecule has 1 heterocycles. The van der Waals surface area contributed by atoms with Gasteiger partial charge < -0.3 is 5.73 Å². The number of halogens is 1. The number of rotatable bonds is 2. The van der Waals surface area contributed by atoms with Gasteiger partial charge in [0, 0.05) is 11.0 Å². The zero-order chi connectivity index (χ0) is 16.8. The minimum Gasteiger partial charge on any atom is -0.326 e. The molecule has 0 bridgehead atoms. The van der Waals surface area contributed by atoms with Gasteiger partial charge in [-0.3, -0.25) is 0 Å². The molecule has 0 atom stereocenters. The molecule has 0 saturated heterocycles. The van der Waals surface area contributed by atoms with Crippen LogP contribution in [-0.2, 0) is 40.0 Å². The van der Waals surface area contributed by atoms with Crippen LogP contribution in [0, 0.1) is 3.80 Å². The summed E-state index contributed by atoms with van der Waals surface area (Å²) >= 11 is 5.66. The van der Waals surface area contributed by atoms with Gasteiger partial charge >= 0.3 is 94.2 Å². The zero-order valence-corrected chi connectivity index (χ0v) is 17.0. The molecule has 3 nitrogen and oxygen atoms in total. The first-order valence-corrected chi connectivity index (χ1v) is 9.13. The van der Waals surface area contributed by atoms with E-state index in [-0.39, 0.29) is 0 Å². The molecular weight excluding hydrogens is 533 g/mol. The van der Waals surface area contributed by atoms with Crippen molar-refractivity contribution < 1.29 is 19.4 Å². The zero-order valence-electron chi connectivity index (χ0n) is 13.1. The Hall–Kier alpha value is -1.22. The molecule has 0 amide bonds. The molecule has 0 aliphatic carbocycles. The summed E-state index contributed by atoms with van der Waals surface area (Å²) in [6.07, 6.45) is 2.15. The number of imidazole rings is 1. The summed E-state index contributed by atoms with van der Waals surface area (Å²) in [6.45, 7) is 0.618. The molecule has 5 heteroatoms. The molecular formula is C18H20BrN3Pt. The van der Waals surface area contributed by atoms with Gasteiger partial charge in [0.25, 0.3) is 0 Å². The van der Waals surface area contributed by atoms with Crippen LogP contribution in [0.1, 0.15) is 5.56 Å². The number of benzene rings is 2. The quantitative estimate of drug-likeness (QED) is 0.512. The van der Waals surface area contributed by atoms with E-state index < -0.39 is 0 Å². The van der Waals surface area contributed by atoms with Gasteiger partial charge in [-0.1, -0.05) is 28.1 Å². The van der Waals surface area contributed by atoms with Crippen LogP contribution in [0.15, 0.2) is 65.3 Å². The van der Waals surface area contributed by atoms with Crippen molar-refractivity contribution in [2.75, 3.05) is 0 Å². The van der Waals surface area contributed by atoms with Gasteiger partial charge in [0.15, 0.2) is 0 Å². The van der Waals surface area contributed by atoms with Crippen molar-refractivity contribution in [3.63, 3.8) is 0 Å². The number of nitrogens with zero attached hydrogens (tertiary/aromatic N) is 2. The van der Waals surface area contributed by atoms with Crippen molar-refractivity contribution in [3.8, 4) is 11.3 Å². The number of aryl methyl sites for hydroxylation is 1. The molecule has 0 spiro atoms. The summed E-state index contributed by atoms with van der Waals surface area (Å²) in [5.41, 5.74) is 9.06. The number of hydrogen-bond acceptors (Lipinski definition) is 1. The van der Waals surface area contributed by atoms with Gasteiger partial charge in [0.1, 0.15) is 0 Å². The van der Waals surface area contributed by atoms with Crippen LogP contribution in [0.5, 0.6) is 0 Å². The number of nitrogens with two attached hydrogens (primary N) is 1. The van der Waals surface area contributed by atoms with Crippen molar-refractivity contribution >= 4 is 15.9 Å². The van der Waals surface area contributed by atoms with E-state index in [9.17, 15) is 0 Å². The van der Waals surface area contributed by atoms with Gasteiger partial charge in [-0.2, -0.15) is 0 Å². The van der Waals surface area contributed by atoms with E-state index in [4.69, 9.17) is 5.73 Å². The Kier molecular flexibility index (Phi) is 6.76. The van der Waals surface area contributed by atoms with Crippen LogP contribution in [0.4, 0.5) is 0 Å². The molecule has 0 unspecified atom stereocenters. The van der Waals surface area contributed by atoms with Crippen LogP contribution in [0.25, 0.3) is 11.3 Å². The second-order valence-corrected chi connectivity index (χ2v) is 7.05. The topological polar surface area (TPSA) is 35.9 Å². The standard InChI is InChI=1S/C11H12N2.C7H8BrN.Pt/c1-12-8-11(13(2)9-12)10-6-4-3-5-7-10;8-7-3-1-6(5-9)2-4-7;/h3-8H,1-2H3;1-4H,5,9H2;. The largest absolute Gasteiger partial charge is 0.326 e. The van der Waals surface area contributed by atoms with Crippen LogP contribution in [-0.4, -0.2) is 9.13 Å². The van der Waals surface area contributed by atoms with Gasteiger partial charge in [0.2, 0.25) is 0 Å². The predicted octanol–water partition coefficient (Wildman–Crippen LogP) is 4.02. The van der Waals surface area contributed by atoms with E-state index in [0.29, 0.717) is 6.54 Å².